The first-order valence-corrected chi connectivity index (χ1v) is 8.34. The van der Waals surface area contributed by atoms with Gasteiger partial charge in [-0.15, -0.1) is 24.0 Å². The van der Waals surface area contributed by atoms with Crippen LogP contribution in [-0.2, 0) is 12.8 Å². The third-order valence-electron chi connectivity index (χ3n) is 3.70. The van der Waals surface area contributed by atoms with Crippen molar-refractivity contribution in [3.8, 4) is 0 Å². The topological polar surface area (TPSA) is 65.1 Å². The fourth-order valence-electron chi connectivity index (χ4n) is 2.40. The quantitative estimate of drug-likeness (QED) is 0.255. The van der Waals surface area contributed by atoms with Crippen LogP contribution in [0, 0.1) is 6.92 Å². The number of H-pyrrole nitrogens is 1. The molecule has 0 aliphatic heterocycles. The molecule has 1 aromatic carbocycles. The maximum atomic E-state index is 4.64. The van der Waals surface area contributed by atoms with Gasteiger partial charge in [0.05, 0.1) is 6.20 Å². The van der Waals surface area contributed by atoms with E-state index < -0.39 is 0 Å². The molecule has 5 nitrogen and oxygen atoms in total. The molecule has 0 aliphatic carbocycles. The van der Waals surface area contributed by atoms with E-state index in [1.54, 1.807) is 0 Å². The van der Waals surface area contributed by atoms with Crippen LogP contribution < -0.4 is 10.6 Å². The molecular formula is C18H28IN5. The van der Waals surface area contributed by atoms with Crippen LogP contribution in [0.1, 0.15) is 30.2 Å². The van der Waals surface area contributed by atoms with E-state index in [0.717, 1.165) is 50.6 Å². The van der Waals surface area contributed by atoms with Gasteiger partial charge in [-0.25, -0.2) is 0 Å². The molecule has 0 amide bonds. The summed E-state index contributed by atoms with van der Waals surface area (Å²) in [6.07, 6.45) is 4.94. The van der Waals surface area contributed by atoms with E-state index in [1.807, 2.05) is 12.3 Å². The lowest BCUT2D eigenvalue weighted by Gasteiger charge is -2.11. The lowest BCUT2D eigenvalue weighted by Crippen LogP contribution is -2.38. The minimum atomic E-state index is 0. The zero-order chi connectivity index (χ0) is 16.3. The number of nitrogens with zero attached hydrogens (tertiary/aromatic N) is 2. The Labute approximate surface area is 161 Å². The van der Waals surface area contributed by atoms with Crippen LogP contribution in [0.2, 0.25) is 0 Å². The smallest absolute Gasteiger partial charge is 0.191 e. The molecule has 6 heteroatoms. The van der Waals surface area contributed by atoms with Gasteiger partial charge in [-0.3, -0.25) is 10.1 Å². The molecule has 132 valence electrons. The maximum absolute atomic E-state index is 4.64. The molecule has 3 N–H and O–H groups in total. The molecule has 0 saturated carbocycles. The van der Waals surface area contributed by atoms with Crippen LogP contribution in [0.4, 0.5) is 0 Å². The molecule has 24 heavy (non-hydrogen) atoms. The first-order valence-electron chi connectivity index (χ1n) is 8.34. The summed E-state index contributed by atoms with van der Waals surface area (Å²) >= 11 is 0. The fraction of sp³-hybridized carbons (Fsp3) is 0.444. The molecule has 0 aliphatic rings. The van der Waals surface area contributed by atoms with Crippen LogP contribution in [0.5, 0.6) is 0 Å². The zero-order valence-corrected chi connectivity index (χ0v) is 16.8. The Kier molecular flexibility index (Phi) is 10.1. The van der Waals surface area contributed by atoms with Gasteiger partial charge in [-0.05, 0) is 44.2 Å². The summed E-state index contributed by atoms with van der Waals surface area (Å²) in [4.78, 5) is 4.64. The van der Waals surface area contributed by atoms with E-state index in [2.05, 4.69) is 63.9 Å². The number of hydrogen-bond donors (Lipinski definition) is 3. The van der Waals surface area contributed by atoms with Gasteiger partial charge in [-0.2, -0.15) is 5.10 Å². The van der Waals surface area contributed by atoms with Crippen LogP contribution in [0.3, 0.4) is 0 Å². The Hall–Kier alpha value is -1.57. The highest BCUT2D eigenvalue weighted by Gasteiger charge is 2.00. The number of aryl methyl sites for hydroxylation is 2. The average Bonchev–Trinajstić information content (AvgIpc) is 2.97. The fourth-order valence-corrected chi connectivity index (χ4v) is 2.40. The highest BCUT2D eigenvalue weighted by molar-refractivity contribution is 14.0. The highest BCUT2D eigenvalue weighted by Crippen LogP contribution is 2.05. The Morgan fingerprint density at radius 1 is 1.17 bits per heavy atom. The van der Waals surface area contributed by atoms with E-state index in [0.29, 0.717) is 0 Å². The largest absolute Gasteiger partial charge is 0.357 e. The first kappa shape index (κ1) is 20.5. The van der Waals surface area contributed by atoms with Crippen molar-refractivity contribution in [1.82, 2.24) is 20.8 Å². The van der Waals surface area contributed by atoms with Gasteiger partial charge in [0.25, 0.3) is 0 Å². The predicted octanol–water partition coefficient (Wildman–Crippen LogP) is 3.07. The predicted molar refractivity (Wildman–Crippen MR) is 111 cm³/mol. The Morgan fingerprint density at radius 2 is 1.96 bits per heavy atom. The van der Waals surface area contributed by atoms with E-state index in [4.69, 9.17) is 0 Å². The molecule has 1 heterocycles. The molecule has 0 unspecified atom stereocenters. The molecule has 0 saturated heterocycles. The van der Waals surface area contributed by atoms with Crippen molar-refractivity contribution in [3.63, 3.8) is 0 Å². The van der Waals surface area contributed by atoms with Crippen LogP contribution in [0.15, 0.2) is 41.5 Å². The number of rotatable bonds is 8. The minimum Gasteiger partial charge on any atom is -0.357 e. The van der Waals surface area contributed by atoms with E-state index in [-0.39, 0.29) is 24.0 Å². The molecule has 0 fully saturated rings. The van der Waals surface area contributed by atoms with E-state index in [1.165, 1.54) is 11.1 Å². The monoisotopic (exact) mass is 441 g/mol. The minimum absolute atomic E-state index is 0. The van der Waals surface area contributed by atoms with Crippen LogP contribution in [0.25, 0.3) is 0 Å². The molecular weight excluding hydrogens is 413 g/mol. The van der Waals surface area contributed by atoms with Crippen molar-refractivity contribution in [2.75, 3.05) is 19.6 Å². The van der Waals surface area contributed by atoms with Crippen molar-refractivity contribution in [3.05, 3.63) is 53.3 Å². The number of benzene rings is 1. The van der Waals surface area contributed by atoms with Gasteiger partial charge in [0.1, 0.15) is 0 Å². The average molecular weight is 441 g/mol. The van der Waals surface area contributed by atoms with Gasteiger partial charge in [0.15, 0.2) is 5.96 Å². The Balaban J connectivity index is 0.00000288. The van der Waals surface area contributed by atoms with Crippen molar-refractivity contribution in [2.24, 2.45) is 4.99 Å². The maximum Gasteiger partial charge on any atom is 0.191 e. The van der Waals surface area contributed by atoms with Gasteiger partial charge < -0.3 is 10.6 Å². The summed E-state index contributed by atoms with van der Waals surface area (Å²) in [6.45, 7) is 6.71. The second-order valence-electron chi connectivity index (χ2n) is 5.55. The number of guanidine groups is 1. The lowest BCUT2D eigenvalue weighted by molar-refractivity contribution is 0.776. The second kappa shape index (κ2) is 11.9. The van der Waals surface area contributed by atoms with Crippen LogP contribution >= 0.6 is 24.0 Å². The van der Waals surface area contributed by atoms with Gasteiger partial charge >= 0.3 is 0 Å². The molecule has 0 atom stereocenters. The summed E-state index contributed by atoms with van der Waals surface area (Å²) in [6, 6.07) is 10.5. The van der Waals surface area contributed by atoms with E-state index in [9.17, 15) is 0 Å². The summed E-state index contributed by atoms with van der Waals surface area (Å²) in [5, 5.41) is 13.7. The standard InChI is InChI=1S/C18H27N5.HI/c1-3-19-18(21-13-11-16-8-5-4-6-9-16)20-12-7-10-17-14-22-23-15(17)2;/h4-6,8-9,14H,3,7,10-13H2,1-2H3,(H,22,23)(H2,19,20,21);1H. The summed E-state index contributed by atoms with van der Waals surface area (Å²) in [5.74, 6) is 0.896. The molecule has 1 aromatic heterocycles. The number of aliphatic imine (C=N–C) groups is 1. The third kappa shape index (κ3) is 7.33. The van der Waals surface area contributed by atoms with Gasteiger partial charge in [0, 0.05) is 25.3 Å². The number of aromatic nitrogens is 2. The van der Waals surface area contributed by atoms with E-state index >= 15 is 0 Å². The van der Waals surface area contributed by atoms with Crippen molar-refractivity contribution in [1.29, 1.82) is 0 Å². The Bertz CT molecular complexity index is 594. The molecule has 2 aromatic rings. The molecule has 0 bridgehead atoms. The summed E-state index contributed by atoms with van der Waals surface area (Å²) in [7, 11) is 0. The summed E-state index contributed by atoms with van der Waals surface area (Å²) < 4.78 is 0. The molecule has 2 rings (SSSR count). The number of aromatic amines is 1. The first-order chi connectivity index (χ1) is 11.3. The SMILES string of the molecule is CCNC(=NCCCc1cn[nH]c1C)NCCc1ccccc1.I. The van der Waals surface area contributed by atoms with Crippen molar-refractivity contribution < 1.29 is 0 Å². The van der Waals surface area contributed by atoms with Gasteiger partial charge in [0.2, 0.25) is 0 Å². The highest BCUT2D eigenvalue weighted by atomic mass is 127. The lowest BCUT2D eigenvalue weighted by atomic mass is 10.1. The number of halogens is 1. The molecule has 0 radical (unpaired) electrons. The van der Waals surface area contributed by atoms with Crippen LogP contribution in [-0.4, -0.2) is 35.8 Å². The zero-order valence-electron chi connectivity index (χ0n) is 14.5. The molecule has 0 spiro atoms. The van der Waals surface area contributed by atoms with Crippen molar-refractivity contribution >= 4 is 29.9 Å². The normalized spacial score (nSPS) is 11.0. The number of nitrogens with one attached hydrogen (secondary N) is 3. The second-order valence-corrected chi connectivity index (χ2v) is 5.55. The third-order valence-corrected chi connectivity index (χ3v) is 3.70. The van der Waals surface area contributed by atoms with Gasteiger partial charge in [-0.1, -0.05) is 30.3 Å². The van der Waals surface area contributed by atoms with Crippen molar-refractivity contribution in [2.45, 2.75) is 33.1 Å². The Morgan fingerprint density at radius 3 is 2.62 bits per heavy atom. The summed E-state index contributed by atoms with van der Waals surface area (Å²) in [5.41, 5.74) is 3.77. The number of hydrogen-bond acceptors (Lipinski definition) is 2.